The Labute approximate surface area is 129 Å². The third-order valence-electron chi connectivity index (χ3n) is 3.03. The molecular weight excluding hydrogens is 276 g/mol. The van der Waals surface area contributed by atoms with Gasteiger partial charge in [-0.3, -0.25) is 4.79 Å². The molecule has 0 heterocycles. The average molecular weight is 292 g/mol. The minimum absolute atomic E-state index is 0.0699. The third kappa shape index (κ3) is 4.22. The number of nitrogens with zero attached hydrogens (tertiary/aromatic N) is 1. The molecule has 2 aromatic carbocycles. The lowest BCUT2D eigenvalue weighted by molar-refractivity contribution is -0.116. The van der Waals surface area contributed by atoms with Gasteiger partial charge in [0.1, 0.15) is 24.0 Å². The molecule has 22 heavy (non-hydrogen) atoms. The van der Waals surface area contributed by atoms with Crippen LogP contribution in [-0.4, -0.2) is 13.0 Å². The van der Waals surface area contributed by atoms with Crippen molar-refractivity contribution in [2.45, 2.75) is 6.61 Å². The molecule has 0 saturated carbocycles. The fraction of sp³-hybridized carbons (Fsp3) is 0.111. The van der Waals surface area contributed by atoms with Gasteiger partial charge in [-0.2, -0.15) is 5.26 Å². The maximum Gasteiger partial charge on any atom is 0.261 e. The van der Waals surface area contributed by atoms with Gasteiger partial charge in [-0.15, -0.1) is 0 Å². The first-order chi connectivity index (χ1) is 10.7. The predicted octanol–water partition coefficient (Wildman–Crippen LogP) is 2.92. The van der Waals surface area contributed by atoms with Crippen LogP contribution in [0.15, 0.2) is 60.2 Å². The Balaban J connectivity index is 2.03. The van der Waals surface area contributed by atoms with Crippen molar-refractivity contribution in [3.63, 3.8) is 0 Å². The van der Waals surface area contributed by atoms with E-state index in [1.165, 1.54) is 7.05 Å². The molecule has 0 aliphatic heterocycles. The molecule has 0 bridgehead atoms. The van der Waals surface area contributed by atoms with E-state index in [2.05, 4.69) is 5.32 Å². The SMILES string of the molecule is CNC(=O)/C(C#N)=C\c1ccc(OCc2ccccc2)cc1. The van der Waals surface area contributed by atoms with Gasteiger partial charge in [0.2, 0.25) is 0 Å². The van der Waals surface area contributed by atoms with E-state index in [1.54, 1.807) is 18.2 Å². The average Bonchev–Trinajstić information content (AvgIpc) is 2.59. The molecule has 0 unspecified atom stereocenters. The lowest BCUT2D eigenvalue weighted by Gasteiger charge is -2.06. The van der Waals surface area contributed by atoms with Gasteiger partial charge in [0, 0.05) is 7.05 Å². The van der Waals surface area contributed by atoms with Crippen molar-refractivity contribution < 1.29 is 9.53 Å². The number of hydrogen-bond donors (Lipinski definition) is 1. The molecule has 0 saturated heterocycles. The minimum atomic E-state index is -0.396. The topological polar surface area (TPSA) is 62.1 Å². The smallest absolute Gasteiger partial charge is 0.261 e. The Morgan fingerprint density at radius 2 is 1.86 bits per heavy atom. The highest BCUT2D eigenvalue weighted by atomic mass is 16.5. The summed E-state index contributed by atoms with van der Waals surface area (Å²) in [6.07, 6.45) is 1.54. The first kappa shape index (κ1) is 15.3. The van der Waals surface area contributed by atoms with E-state index in [1.807, 2.05) is 48.5 Å². The van der Waals surface area contributed by atoms with Crippen molar-refractivity contribution in [2.75, 3.05) is 7.05 Å². The van der Waals surface area contributed by atoms with Gasteiger partial charge >= 0.3 is 0 Å². The zero-order chi connectivity index (χ0) is 15.8. The standard InChI is InChI=1S/C18H16N2O2/c1-20-18(21)16(12-19)11-14-7-9-17(10-8-14)22-13-15-5-3-2-4-6-15/h2-11H,13H2,1H3,(H,20,21)/b16-11-. The number of ether oxygens (including phenoxy) is 1. The van der Waals surface area contributed by atoms with Crippen molar-refractivity contribution >= 4 is 12.0 Å². The molecule has 2 aromatic rings. The minimum Gasteiger partial charge on any atom is -0.489 e. The quantitative estimate of drug-likeness (QED) is 0.681. The summed E-state index contributed by atoms with van der Waals surface area (Å²) in [5.41, 5.74) is 1.94. The molecule has 4 heteroatoms. The summed E-state index contributed by atoms with van der Waals surface area (Å²) >= 11 is 0. The molecule has 0 fully saturated rings. The van der Waals surface area contributed by atoms with Crippen molar-refractivity contribution in [3.05, 3.63) is 71.3 Å². The molecule has 0 radical (unpaired) electrons. The highest BCUT2D eigenvalue weighted by Gasteiger charge is 2.05. The number of nitrogens with one attached hydrogen (secondary N) is 1. The van der Waals surface area contributed by atoms with Crippen LogP contribution in [0.2, 0.25) is 0 Å². The molecular formula is C18H16N2O2. The highest BCUT2D eigenvalue weighted by Crippen LogP contribution is 2.16. The zero-order valence-corrected chi connectivity index (χ0v) is 12.2. The second-order valence-electron chi connectivity index (χ2n) is 4.59. The van der Waals surface area contributed by atoms with E-state index < -0.39 is 5.91 Å². The summed E-state index contributed by atoms with van der Waals surface area (Å²) in [5, 5.41) is 11.4. The maximum atomic E-state index is 11.4. The van der Waals surface area contributed by atoms with Crippen LogP contribution in [0.4, 0.5) is 0 Å². The normalized spacial score (nSPS) is 10.6. The van der Waals surface area contributed by atoms with Crippen LogP contribution in [0.5, 0.6) is 5.75 Å². The summed E-state index contributed by atoms with van der Waals surface area (Å²) in [6.45, 7) is 0.498. The number of carbonyl (C=O) groups is 1. The monoisotopic (exact) mass is 292 g/mol. The maximum absolute atomic E-state index is 11.4. The van der Waals surface area contributed by atoms with Gasteiger partial charge in [0.25, 0.3) is 5.91 Å². The summed E-state index contributed by atoms with van der Waals surface area (Å²) < 4.78 is 5.68. The summed E-state index contributed by atoms with van der Waals surface area (Å²) in [6, 6.07) is 19.0. The third-order valence-corrected chi connectivity index (χ3v) is 3.03. The molecule has 0 aromatic heterocycles. The summed E-state index contributed by atoms with van der Waals surface area (Å²) in [5.74, 6) is 0.339. The van der Waals surface area contributed by atoms with E-state index in [0.29, 0.717) is 6.61 Å². The fourth-order valence-electron chi connectivity index (χ4n) is 1.85. The first-order valence-corrected chi connectivity index (χ1v) is 6.83. The van der Waals surface area contributed by atoms with Gasteiger partial charge in [0.15, 0.2) is 0 Å². The van der Waals surface area contributed by atoms with Gasteiger partial charge in [0.05, 0.1) is 0 Å². The summed E-state index contributed by atoms with van der Waals surface area (Å²) in [4.78, 5) is 11.4. The molecule has 4 nitrogen and oxygen atoms in total. The van der Waals surface area contributed by atoms with E-state index >= 15 is 0 Å². The molecule has 0 aliphatic carbocycles. The molecule has 2 rings (SSSR count). The van der Waals surface area contributed by atoms with Crippen LogP contribution < -0.4 is 10.1 Å². The predicted molar refractivity (Wildman–Crippen MR) is 84.9 cm³/mol. The molecule has 1 amide bonds. The Morgan fingerprint density at radius 3 is 2.45 bits per heavy atom. The summed E-state index contributed by atoms with van der Waals surface area (Å²) in [7, 11) is 1.49. The van der Waals surface area contributed by atoms with E-state index in [9.17, 15) is 4.79 Å². The number of rotatable bonds is 5. The number of nitriles is 1. The van der Waals surface area contributed by atoms with Gasteiger partial charge in [-0.1, -0.05) is 42.5 Å². The van der Waals surface area contributed by atoms with Crippen molar-refractivity contribution in [1.82, 2.24) is 5.32 Å². The second kappa shape index (κ2) is 7.65. The van der Waals surface area contributed by atoms with Crippen LogP contribution in [-0.2, 0) is 11.4 Å². The Bertz CT molecular complexity index is 698. The van der Waals surface area contributed by atoms with Gasteiger partial charge in [-0.05, 0) is 29.3 Å². The van der Waals surface area contributed by atoms with E-state index in [0.717, 1.165) is 16.9 Å². The number of benzene rings is 2. The molecule has 0 aliphatic rings. The van der Waals surface area contributed by atoms with Gasteiger partial charge < -0.3 is 10.1 Å². The first-order valence-electron chi connectivity index (χ1n) is 6.83. The fourth-order valence-corrected chi connectivity index (χ4v) is 1.85. The molecule has 1 N–H and O–H groups in total. The largest absolute Gasteiger partial charge is 0.489 e. The van der Waals surface area contributed by atoms with Crippen LogP contribution >= 0.6 is 0 Å². The Hall–Kier alpha value is -3.06. The second-order valence-corrected chi connectivity index (χ2v) is 4.59. The number of amides is 1. The van der Waals surface area contributed by atoms with Crippen LogP contribution in [0, 0.1) is 11.3 Å². The van der Waals surface area contributed by atoms with Crippen LogP contribution in [0.25, 0.3) is 6.08 Å². The lowest BCUT2D eigenvalue weighted by Crippen LogP contribution is -2.19. The van der Waals surface area contributed by atoms with E-state index in [4.69, 9.17) is 10.00 Å². The number of likely N-dealkylation sites (N-methyl/N-ethyl adjacent to an activating group) is 1. The number of hydrogen-bond acceptors (Lipinski definition) is 3. The molecule has 110 valence electrons. The van der Waals surface area contributed by atoms with Gasteiger partial charge in [-0.25, -0.2) is 0 Å². The highest BCUT2D eigenvalue weighted by molar-refractivity contribution is 6.01. The van der Waals surface area contributed by atoms with Crippen LogP contribution in [0.3, 0.4) is 0 Å². The molecule has 0 spiro atoms. The molecule has 0 atom stereocenters. The zero-order valence-electron chi connectivity index (χ0n) is 12.2. The lowest BCUT2D eigenvalue weighted by atomic mass is 10.1. The van der Waals surface area contributed by atoms with Crippen molar-refractivity contribution in [1.29, 1.82) is 5.26 Å². The van der Waals surface area contributed by atoms with Crippen molar-refractivity contribution in [3.8, 4) is 11.8 Å². The Kier molecular flexibility index (Phi) is 5.33. The Morgan fingerprint density at radius 1 is 1.18 bits per heavy atom. The van der Waals surface area contributed by atoms with E-state index in [-0.39, 0.29) is 5.57 Å². The number of carbonyl (C=O) groups excluding carboxylic acids is 1. The van der Waals surface area contributed by atoms with Crippen LogP contribution in [0.1, 0.15) is 11.1 Å². The van der Waals surface area contributed by atoms with Crippen molar-refractivity contribution in [2.24, 2.45) is 0 Å².